The SMILES string of the molecule is COC[C@H]1CC2(CCN(C(=O)c3ccc(F)c(Cl)c3F)CC2)CN1S(C)(=O)=O. The van der Waals surface area contributed by atoms with Crippen molar-refractivity contribution >= 4 is 27.5 Å². The fourth-order valence-electron chi connectivity index (χ4n) is 4.26. The summed E-state index contributed by atoms with van der Waals surface area (Å²) in [7, 11) is -1.83. The van der Waals surface area contributed by atoms with Gasteiger partial charge < -0.3 is 9.64 Å². The van der Waals surface area contributed by atoms with Gasteiger partial charge in [-0.15, -0.1) is 0 Å². The second-order valence-electron chi connectivity index (χ2n) is 7.64. The summed E-state index contributed by atoms with van der Waals surface area (Å²) in [4.78, 5) is 14.2. The Morgan fingerprint density at radius 3 is 2.54 bits per heavy atom. The Balaban J connectivity index is 1.72. The zero-order chi connectivity index (χ0) is 20.7. The smallest absolute Gasteiger partial charge is 0.256 e. The maximum atomic E-state index is 14.2. The molecule has 2 saturated heterocycles. The van der Waals surface area contributed by atoms with E-state index in [4.69, 9.17) is 16.3 Å². The summed E-state index contributed by atoms with van der Waals surface area (Å²) in [6, 6.07) is 1.84. The summed E-state index contributed by atoms with van der Waals surface area (Å²) in [5.74, 6) is -2.51. The van der Waals surface area contributed by atoms with Crippen LogP contribution >= 0.6 is 11.6 Å². The van der Waals surface area contributed by atoms with Crippen LogP contribution in [0.3, 0.4) is 0 Å². The Labute approximate surface area is 168 Å². The van der Waals surface area contributed by atoms with E-state index in [1.165, 1.54) is 22.6 Å². The second kappa shape index (κ2) is 7.85. The number of nitrogens with zero attached hydrogens (tertiary/aromatic N) is 2. The van der Waals surface area contributed by atoms with E-state index in [1.54, 1.807) is 0 Å². The molecule has 0 bridgehead atoms. The fourth-order valence-corrected chi connectivity index (χ4v) is 5.61. The number of likely N-dealkylation sites (tertiary alicyclic amines) is 1. The molecule has 0 aliphatic carbocycles. The summed E-state index contributed by atoms with van der Waals surface area (Å²) in [5.41, 5.74) is -0.494. The molecule has 2 aliphatic rings. The molecule has 0 saturated carbocycles. The molecule has 0 unspecified atom stereocenters. The predicted octanol–water partition coefficient (Wildman–Crippen LogP) is 2.52. The first kappa shape index (κ1) is 21.4. The van der Waals surface area contributed by atoms with Gasteiger partial charge in [-0.3, -0.25) is 4.79 Å². The van der Waals surface area contributed by atoms with Crippen LogP contribution in [-0.4, -0.2) is 69.2 Å². The van der Waals surface area contributed by atoms with Gasteiger partial charge in [0.15, 0.2) is 5.82 Å². The molecule has 0 radical (unpaired) electrons. The summed E-state index contributed by atoms with van der Waals surface area (Å²) in [6.45, 7) is 1.44. The number of halogens is 3. The van der Waals surface area contributed by atoms with Crippen molar-refractivity contribution in [3.8, 4) is 0 Å². The van der Waals surface area contributed by atoms with Gasteiger partial charge in [0.2, 0.25) is 10.0 Å². The van der Waals surface area contributed by atoms with Crippen LogP contribution in [0, 0.1) is 17.0 Å². The molecular weight excluding hydrogens is 414 g/mol. The molecule has 6 nitrogen and oxygen atoms in total. The Kier molecular flexibility index (Phi) is 6.01. The standard InChI is InChI=1S/C18H23ClF2N2O4S/c1-27-10-12-9-18(11-23(12)28(2,25)26)5-7-22(8-6-18)17(24)13-3-4-14(20)15(19)16(13)21/h3-4,12H,5-11H2,1-2H3/t12-/m1/s1. The number of hydrogen-bond donors (Lipinski definition) is 0. The molecule has 1 amide bonds. The largest absolute Gasteiger partial charge is 0.383 e. The van der Waals surface area contributed by atoms with E-state index < -0.39 is 32.6 Å². The van der Waals surface area contributed by atoms with Crippen molar-refractivity contribution in [2.45, 2.75) is 25.3 Å². The molecule has 2 heterocycles. The van der Waals surface area contributed by atoms with Crippen molar-refractivity contribution in [1.29, 1.82) is 0 Å². The zero-order valence-corrected chi connectivity index (χ0v) is 17.3. The Morgan fingerprint density at radius 2 is 1.96 bits per heavy atom. The average Bonchev–Trinajstić information content (AvgIpc) is 2.99. The number of hydrogen-bond acceptors (Lipinski definition) is 4. The van der Waals surface area contributed by atoms with E-state index in [9.17, 15) is 22.0 Å². The Bertz CT molecular complexity index is 873. The number of carbonyl (C=O) groups is 1. The van der Waals surface area contributed by atoms with Gasteiger partial charge in [0, 0.05) is 32.8 Å². The number of ether oxygens (including phenoxy) is 1. The molecule has 0 N–H and O–H groups in total. The van der Waals surface area contributed by atoms with Gasteiger partial charge in [-0.05, 0) is 36.8 Å². The second-order valence-corrected chi connectivity index (χ2v) is 9.95. The zero-order valence-electron chi connectivity index (χ0n) is 15.8. The van der Waals surface area contributed by atoms with Crippen LogP contribution in [0.25, 0.3) is 0 Å². The first-order valence-electron chi connectivity index (χ1n) is 8.96. The van der Waals surface area contributed by atoms with Crippen LogP contribution < -0.4 is 0 Å². The maximum Gasteiger partial charge on any atom is 0.256 e. The van der Waals surface area contributed by atoms with Crippen LogP contribution in [-0.2, 0) is 14.8 Å². The highest BCUT2D eigenvalue weighted by Crippen LogP contribution is 2.44. The molecule has 28 heavy (non-hydrogen) atoms. The number of benzene rings is 1. The summed E-state index contributed by atoms with van der Waals surface area (Å²) >= 11 is 5.57. The van der Waals surface area contributed by atoms with Crippen LogP contribution in [0.2, 0.25) is 5.02 Å². The van der Waals surface area contributed by atoms with E-state index in [2.05, 4.69) is 0 Å². The molecule has 1 aromatic rings. The highest BCUT2D eigenvalue weighted by Gasteiger charge is 2.49. The minimum absolute atomic E-state index is 0.226. The molecule has 2 aliphatic heterocycles. The highest BCUT2D eigenvalue weighted by molar-refractivity contribution is 7.88. The molecular formula is C18H23ClF2N2O4S. The summed E-state index contributed by atoms with van der Waals surface area (Å²) < 4.78 is 58.4. The molecule has 10 heteroatoms. The Morgan fingerprint density at radius 1 is 1.32 bits per heavy atom. The number of carbonyl (C=O) groups excluding carboxylic acids is 1. The van der Waals surface area contributed by atoms with Crippen molar-refractivity contribution in [2.24, 2.45) is 5.41 Å². The normalized spacial score (nSPS) is 22.8. The minimum atomic E-state index is -3.36. The molecule has 0 aromatic heterocycles. The monoisotopic (exact) mass is 436 g/mol. The van der Waals surface area contributed by atoms with Crippen molar-refractivity contribution in [1.82, 2.24) is 9.21 Å². The third-order valence-corrected chi connectivity index (χ3v) is 7.35. The third kappa shape index (κ3) is 4.03. The lowest BCUT2D eigenvalue weighted by atomic mass is 9.76. The van der Waals surface area contributed by atoms with Gasteiger partial charge in [0.05, 0.1) is 18.4 Å². The predicted molar refractivity (Wildman–Crippen MR) is 101 cm³/mol. The van der Waals surface area contributed by atoms with Gasteiger partial charge in [0.25, 0.3) is 5.91 Å². The fraction of sp³-hybridized carbons (Fsp3) is 0.611. The van der Waals surface area contributed by atoms with Crippen LogP contribution in [0.4, 0.5) is 8.78 Å². The molecule has 1 aromatic carbocycles. The van der Waals surface area contributed by atoms with Crippen molar-refractivity contribution < 1.29 is 26.7 Å². The lowest BCUT2D eigenvalue weighted by Gasteiger charge is -2.39. The topological polar surface area (TPSA) is 66.9 Å². The lowest BCUT2D eigenvalue weighted by Crippen LogP contribution is -2.45. The third-order valence-electron chi connectivity index (χ3n) is 5.73. The number of amides is 1. The average molecular weight is 437 g/mol. The van der Waals surface area contributed by atoms with Gasteiger partial charge >= 0.3 is 0 Å². The summed E-state index contributed by atoms with van der Waals surface area (Å²) in [6.07, 6.45) is 3.05. The molecule has 3 rings (SSSR count). The number of rotatable bonds is 4. The molecule has 1 spiro atoms. The van der Waals surface area contributed by atoms with Crippen molar-refractivity contribution in [3.63, 3.8) is 0 Å². The number of piperidine rings is 1. The Hall–Kier alpha value is -1.29. The summed E-state index contributed by atoms with van der Waals surface area (Å²) in [5, 5.41) is -0.693. The minimum Gasteiger partial charge on any atom is -0.383 e. The number of methoxy groups -OCH3 is 1. The van der Waals surface area contributed by atoms with E-state index in [0.717, 1.165) is 12.1 Å². The van der Waals surface area contributed by atoms with Crippen LogP contribution in [0.5, 0.6) is 0 Å². The quantitative estimate of drug-likeness (QED) is 0.680. The van der Waals surface area contributed by atoms with Crippen LogP contribution in [0.15, 0.2) is 12.1 Å². The van der Waals surface area contributed by atoms with Gasteiger partial charge in [0.1, 0.15) is 10.8 Å². The highest BCUT2D eigenvalue weighted by atomic mass is 35.5. The van der Waals surface area contributed by atoms with E-state index in [-0.39, 0.29) is 17.0 Å². The molecule has 1 atom stereocenters. The number of sulfonamides is 1. The van der Waals surface area contributed by atoms with E-state index in [1.807, 2.05) is 0 Å². The lowest BCUT2D eigenvalue weighted by molar-refractivity contribution is 0.0590. The molecule has 156 valence electrons. The first-order chi connectivity index (χ1) is 13.1. The van der Waals surface area contributed by atoms with Crippen molar-refractivity contribution in [2.75, 3.05) is 39.6 Å². The van der Waals surface area contributed by atoms with Gasteiger partial charge in [-0.25, -0.2) is 17.2 Å². The van der Waals surface area contributed by atoms with Gasteiger partial charge in [-0.2, -0.15) is 4.31 Å². The molecule has 2 fully saturated rings. The van der Waals surface area contributed by atoms with Crippen molar-refractivity contribution in [3.05, 3.63) is 34.4 Å². The van der Waals surface area contributed by atoms with Gasteiger partial charge in [-0.1, -0.05) is 11.6 Å². The first-order valence-corrected chi connectivity index (χ1v) is 11.2. The maximum absolute atomic E-state index is 14.2. The van der Waals surface area contributed by atoms with E-state index >= 15 is 0 Å². The van der Waals surface area contributed by atoms with Crippen LogP contribution in [0.1, 0.15) is 29.6 Å². The van der Waals surface area contributed by atoms with E-state index in [0.29, 0.717) is 45.5 Å².